The van der Waals surface area contributed by atoms with E-state index in [0.29, 0.717) is 30.1 Å². The zero-order chi connectivity index (χ0) is 18.1. The fraction of sp³-hybridized carbons (Fsp3) is 0.526. The van der Waals surface area contributed by atoms with Gasteiger partial charge in [-0.05, 0) is 49.3 Å². The number of nitrogens with zero attached hydrogens (tertiary/aromatic N) is 1. The molecule has 25 heavy (non-hydrogen) atoms. The molecule has 2 amide bonds. The van der Waals surface area contributed by atoms with Gasteiger partial charge in [0.15, 0.2) is 0 Å². The molecule has 6 heteroatoms. The molecule has 4 unspecified atom stereocenters. The van der Waals surface area contributed by atoms with E-state index in [0.717, 1.165) is 12.8 Å². The molecule has 0 spiro atoms. The van der Waals surface area contributed by atoms with E-state index in [4.69, 9.17) is 0 Å². The summed E-state index contributed by atoms with van der Waals surface area (Å²) in [6, 6.07) is 5.96. The van der Waals surface area contributed by atoms with Crippen molar-refractivity contribution in [3.63, 3.8) is 0 Å². The van der Waals surface area contributed by atoms with Crippen molar-refractivity contribution < 1.29 is 19.5 Å². The molecule has 1 aliphatic heterocycles. The number of nitrogens with one attached hydrogen (secondary N) is 1. The minimum Gasteiger partial charge on any atom is -0.480 e. The lowest BCUT2D eigenvalue weighted by Gasteiger charge is -2.36. The highest BCUT2D eigenvalue weighted by molar-refractivity contribution is 5.99. The zero-order valence-electron chi connectivity index (χ0n) is 14.6. The summed E-state index contributed by atoms with van der Waals surface area (Å²) in [6.45, 7) is 4.48. The van der Waals surface area contributed by atoms with Crippen LogP contribution in [-0.2, 0) is 9.59 Å². The first-order valence-corrected chi connectivity index (χ1v) is 8.81. The van der Waals surface area contributed by atoms with Crippen molar-refractivity contribution in [2.75, 3.05) is 11.9 Å². The lowest BCUT2D eigenvalue weighted by molar-refractivity contribution is -0.144. The first kappa shape index (κ1) is 17.5. The van der Waals surface area contributed by atoms with Gasteiger partial charge in [0, 0.05) is 23.7 Å². The summed E-state index contributed by atoms with van der Waals surface area (Å²) in [6.07, 6.45) is 2.17. The van der Waals surface area contributed by atoms with Gasteiger partial charge in [0.05, 0.1) is 0 Å². The maximum Gasteiger partial charge on any atom is 0.326 e. The maximum absolute atomic E-state index is 12.8. The SMILES string of the molecule is CC1CCN(C(=O)c2cccc(NC(=O)C3CC3C)c2)C(C(=O)O)C1. The number of rotatable bonds is 4. The smallest absolute Gasteiger partial charge is 0.326 e. The molecule has 0 bridgehead atoms. The predicted molar refractivity (Wildman–Crippen MR) is 93.2 cm³/mol. The van der Waals surface area contributed by atoms with Crippen LogP contribution in [0, 0.1) is 17.8 Å². The van der Waals surface area contributed by atoms with Gasteiger partial charge in [0.1, 0.15) is 6.04 Å². The molecule has 0 aromatic heterocycles. The normalized spacial score (nSPS) is 28.3. The van der Waals surface area contributed by atoms with Crippen LogP contribution in [0.5, 0.6) is 0 Å². The number of likely N-dealkylation sites (tertiary alicyclic amines) is 1. The summed E-state index contributed by atoms with van der Waals surface area (Å²) < 4.78 is 0. The Morgan fingerprint density at radius 2 is 1.92 bits per heavy atom. The van der Waals surface area contributed by atoms with E-state index in [1.807, 2.05) is 13.8 Å². The molecule has 1 aromatic carbocycles. The van der Waals surface area contributed by atoms with Crippen LogP contribution in [0.2, 0.25) is 0 Å². The van der Waals surface area contributed by atoms with Gasteiger partial charge in [-0.15, -0.1) is 0 Å². The van der Waals surface area contributed by atoms with Gasteiger partial charge in [-0.25, -0.2) is 4.79 Å². The Bertz CT molecular complexity index is 702. The number of carbonyl (C=O) groups is 3. The molecule has 1 saturated heterocycles. The Morgan fingerprint density at radius 1 is 1.20 bits per heavy atom. The average molecular weight is 344 g/mol. The second-order valence-electron chi connectivity index (χ2n) is 7.37. The average Bonchev–Trinajstić information content (AvgIpc) is 3.31. The third-order valence-electron chi connectivity index (χ3n) is 5.23. The van der Waals surface area contributed by atoms with Crippen molar-refractivity contribution in [1.29, 1.82) is 0 Å². The van der Waals surface area contributed by atoms with Crippen molar-refractivity contribution >= 4 is 23.5 Å². The maximum atomic E-state index is 12.8. The summed E-state index contributed by atoms with van der Waals surface area (Å²) in [5.74, 6) is -0.526. The van der Waals surface area contributed by atoms with Crippen LogP contribution in [0.25, 0.3) is 0 Å². The Kier molecular flexibility index (Phi) is 4.79. The minimum absolute atomic E-state index is 0.0210. The fourth-order valence-electron chi connectivity index (χ4n) is 3.44. The number of benzene rings is 1. The van der Waals surface area contributed by atoms with Crippen LogP contribution < -0.4 is 5.32 Å². The van der Waals surface area contributed by atoms with Crippen LogP contribution in [0.1, 0.15) is 43.5 Å². The molecule has 1 heterocycles. The number of amides is 2. The van der Waals surface area contributed by atoms with Gasteiger partial charge >= 0.3 is 5.97 Å². The third kappa shape index (κ3) is 3.83. The molecule has 3 rings (SSSR count). The zero-order valence-corrected chi connectivity index (χ0v) is 14.6. The van der Waals surface area contributed by atoms with Gasteiger partial charge in [-0.2, -0.15) is 0 Å². The number of carboxylic acids is 1. The summed E-state index contributed by atoms with van der Waals surface area (Å²) in [7, 11) is 0. The number of anilines is 1. The van der Waals surface area contributed by atoms with Crippen molar-refractivity contribution in [2.24, 2.45) is 17.8 Å². The number of hydrogen-bond donors (Lipinski definition) is 2. The highest BCUT2D eigenvalue weighted by Gasteiger charge is 2.39. The van der Waals surface area contributed by atoms with Crippen molar-refractivity contribution in [1.82, 2.24) is 4.90 Å². The first-order chi connectivity index (χ1) is 11.9. The van der Waals surface area contributed by atoms with Gasteiger partial charge in [0.25, 0.3) is 5.91 Å². The van der Waals surface area contributed by atoms with Gasteiger partial charge in [-0.1, -0.05) is 19.9 Å². The highest BCUT2D eigenvalue weighted by atomic mass is 16.4. The molecule has 4 atom stereocenters. The summed E-state index contributed by atoms with van der Waals surface area (Å²) in [5.41, 5.74) is 0.981. The standard InChI is InChI=1S/C19H24N2O4/c1-11-6-7-21(16(8-11)19(24)25)18(23)13-4-3-5-14(10-13)20-17(22)15-9-12(15)2/h3-5,10-12,15-16H,6-9H2,1-2H3,(H,20,22)(H,24,25). The number of carboxylic acid groups (broad SMARTS) is 1. The van der Waals surface area contributed by atoms with Crippen LogP contribution in [0.4, 0.5) is 5.69 Å². The largest absolute Gasteiger partial charge is 0.480 e. The number of carbonyl (C=O) groups excluding carboxylic acids is 2. The van der Waals surface area contributed by atoms with Crippen molar-refractivity contribution in [3.8, 4) is 0 Å². The van der Waals surface area contributed by atoms with E-state index in [1.165, 1.54) is 4.90 Å². The molecule has 2 aliphatic rings. The Hall–Kier alpha value is -2.37. The van der Waals surface area contributed by atoms with Crippen LogP contribution in [0.15, 0.2) is 24.3 Å². The van der Waals surface area contributed by atoms with E-state index < -0.39 is 12.0 Å². The fourth-order valence-corrected chi connectivity index (χ4v) is 3.44. The monoisotopic (exact) mass is 344 g/mol. The van der Waals surface area contributed by atoms with Crippen LogP contribution in [0.3, 0.4) is 0 Å². The predicted octanol–water partition coefficient (Wildman–Crippen LogP) is 2.61. The quantitative estimate of drug-likeness (QED) is 0.879. The van der Waals surface area contributed by atoms with E-state index in [-0.39, 0.29) is 23.7 Å². The second-order valence-corrected chi connectivity index (χ2v) is 7.37. The van der Waals surface area contributed by atoms with E-state index in [1.54, 1.807) is 24.3 Å². The van der Waals surface area contributed by atoms with E-state index in [9.17, 15) is 19.5 Å². The molecule has 1 aromatic rings. The molecule has 0 radical (unpaired) electrons. The molecule has 1 saturated carbocycles. The lowest BCUT2D eigenvalue weighted by Crippen LogP contribution is -2.49. The summed E-state index contributed by atoms with van der Waals surface area (Å²) in [5, 5.41) is 12.3. The minimum atomic E-state index is -0.966. The van der Waals surface area contributed by atoms with Crippen LogP contribution >= 0.6 is 0 Å². The highest BCUT2D eigenvalue weighted by Crippen LogP contribution is 2.38. The van der Waals surface area contributed by atoms with Crippen LogP contribution in [-0.4, -0.2) is 40.4 Å². The Morgan fingerprint density at radius 3 is 2.56 bits per heavy atom. The summed E-state index contributed by atoms with van der Waals surface area (Å²) in [4.78, 5) is 37.8. The number of piperidine rings is 1. The third-order valence-corrected chi connectivity index (χ3v) is 5.23. The van der Waals surface area contributed by atoms with Crippen molar-refractivity contribution in [2.45, 2.75) is 39.2 Å². The lowest BCUT2D eigenvalue weighted by atomic mass is 9.92. The first-order valence-electron chi connectivity index (χ1n) is 8.81. The molecule has 1 aliphatic carbocycles. The van der Waals surface area contributed by atoms with Gasteiger partial charge in [-0.3, -0.25) is 9.59 Å². The summed E-state index contributed by atoms with van der Waals surface area (Å²) >= 11 is 0. The molecule has 2 fully saturated rings. The van der Waals surface area contributed by atoms with E-state index >= 15 is 0 Å². The Labute approximate surface area is 147 Å². The molecule has 134 valence electrons. The number of hydrogen-bond acceptors (Lipinski definition) is 3. The molecular formula is C19H24N2O4. The molecule has 6 nitrogen and oxygen atoms in total. The topological polar surface area (TPSA) is 86.7 Å². The van der Waals surface area contributed by atoms with Gasteiger partial charge in [0.2, 0.25) is 5.91 Å². The number of aliphatic carboxylic acids is 1. The Balaban J connectivity index is 1.74. The van der Waals surface area contributed by atoms with E-state index in [2.05, 4.69) is 5.32 Å². The molecule has 2 N–H and O–H groups in total. The van der Waals surface area contributed by atoms with Gasteiger partial charge < -0.3 is 15.3 Å². The van der Waals surface area contributed by atoms with Crippen molar-refractivity contribution in [3.05, 3.63) is 29.8 Å². The second kappa shape index (κ2) is 6.86. The molecular weight excluding hydrogens is 320 g/mol.